The lowest BCUT2D eigenvalue weighted by Gasteiger charge is -2.17. The van der Waals surface area contributed by atoms with E-state index in [4.69, 9.17) is 29.8 Å². The Labute approximate surface area is 226 Å². The van der Waals surface area contributed by atoms with Crippen molar-refractivity contribution in [3.05, 3.63) is 76.1 Å². The van der Waals surface area contributed by atoms with E-state index in [2.05, 4.69) is 0 Å². The van der Waals surface area contributed by atoms with Gasteiger partial charge < -0.3 is 29.2 Å². The molecule has 2 aromatic heterocycles. The average molecular weight is 529 g/mol. The first-order chi connectivity index (χ1) is 18.7. The number of nitrogen functional groups attached to an aromatic ring is 1. The van der Waals surface area contributed by atoms with Crippen molar-refractivity contribution in [3.63, 3.8) is 0 Å². The van der Waals surface area contributed by atoms with Crippen molar-refractivity contribution >= 4 is 27.6 Å². The van der Waals surface area contributed by atoms with Crippen molar-refractivity contribution in [2.24, 2.45) is 0 Å². The minimum absolute atomic E-state index is 0.0901. The molecule has 0 amide bonds. The summed E-state index contributed by atoms with van der Waals surface area (Å²) in [4.78, 5) is 14.1. The second-order valence-electron chi connectivity index (χ2n) is 9.60. The zero-order chi connectivity index (χ0) is 27.8. The van der Waals surface area contributed by atoms with Gasteiger partial charge in [-0.15, -0.1) is 0 Å². The molecule has 9 heteroatoms. The van der Waals surface area contributed by atoms with Crippen LogP contribution in [0.4, 0.5) is 5.82 Å². The zero-order valence-corrected chi connectivity index (χ0v) is 22.9. The van der Waals surface area contributed by atoms with Crippen LogP contribution in [0.1, 0.15) is 25.0 Å². The molecular formula is C30H32N4O5. The summed E-state index contributed by atoms with van der Waals surface area (Å²) in [6.07, 6.45) is -0.0901. The van der Waals surface area contributed by atoms with Crippen LogP contribution in [0.25, 0.3) is 27.5 Å². The lowest BCUT2D eigenvalue weighted by molar-refractivity contribution is 0.230. The van der Waals surface area contributed by atoms with E-state index in [1.54, 1.807) is 30.6 Å². The summed E-state index contributed by atoms with van der Waals surface area (Å²) in [5.74, 6) is 2.73. The van der Waals surface area contributed by atoms with Crippen LogP contribution >= 0.6 is 0 Å². The van der Waals surface area contributed by atoms with E-state index in [1.165, 1.54) is 0 Å². The monoisotopic (exact) mass is 528 g/mol. The molecule has 0 aliphatic rings. The molecule has 202 valence electrons. The molecule has 0 spiro atoms. The summed E-state index contributed by atoms with van der Waals surface area (Å²) < 4.78 is 25.8. The number of hydrogen-bond acceptors (Lipinski definition) is 7. The molecule has 2 N–H and O–H groups in total. The van der Waals surface area contributed by atoms with Crippen LogP contribution in [-0.2, 0) is 6.54 Å². The molecule has 2 heterocycles. The Kier molecular flexibility index (Phi) is 6.82. The number of fused-ring (bicyclic) bond motifs is 3. The number of aromatic nitrogens is 3. The molecule has 9 nitrogen and oxygen atoms in total. The molecule has 0 fully saturated rings. The fraction of sp³-hybridized carbons (Fsp3) is 0.267. The minimum Gasteiger partial charge on any atom is -0.497 e. The number of nitrogens with two attached hydrogens (primary N) is 1. The summed E-state index contributed by atoms with van der Waals surface area (Å²) in [6.45, 7) is 6.15. The Morgan fingerprint density at radius 3 is 2.23 bits per heavy atom. The number of nitrogens with zero attached hydrogens (tertiary/aromatic N) is 3. The molecule has 0 unspecified atom stereocenters. The summed E-state index contributed by atoms with van der Waals surface area (Å²) in [5.41, 5.74) is 10.1. The third kappa shape index (κ3) is 4.60. The normalized spacial score (nSPS) is 11.4. The van der Waals surface area contributed by atoms with Crippen LogP contribution in [0, 0.1) is 6.92 Å². The van der Waals surface area contributed by atoms with Gasteiger partial charge in [-0.1, -0.05) is 18.2 Å². The summed E-state index contributed by atoms with van der Waals surface area (Å²) in [5, 5.41) is 5.91. The Balaban J connectivity index is 1.84. The van der Waals surface area contributed by atoms with Gasteiger partial charge in [0, 0.05) is 17.5 Å². The van der Waals surface area contributed by atoms with Crippen LogP contribution in [0.2, 0.25) is 0 Å². The number of ether oxygens (including phenoxy) is 4. The smallest absolute Gasteiger partial charge is 0.264 e. The molecule has 0 bridgehead atoms. The first kappa shape index (κ1) is 26.0. The summed E-state index contributed by atoms with van der Waals surface area (Å²) in [6, 6.07) is 17.0. The maximum Gasteiger partial charge on any atom is 0.264 e. The Morgan fingerprint density at radius 1 is 0.897 bits per heavy atom. The van der Waals surface area contributed by atoms with Gasteiger partial charge in [0.05, 0.1) is 45.2 Å². The quantitative estimate of drug-likeness (QED) is 0.299. The topological polar surface area (TPSA) is 103 Å². The molecule has 0 saturated heterocycles. The van der Waals surface area contributed by atoms with Gasteiger partial charge in [-0.2, -0.15) is 5.10 Å². The van der Waals surface area contributed by atoms with Crippen LogP contribution < -0.4 is 30.2 Å². The number of rotatable bonds is 8. The van der Waals surface area contributed by atoms with E-state index in [0.29, 0.717) is 40.2 Å². The third-order valence-corrected chi connectivity index (χ3v) is 6.71. The fourth-order valence-electron chi connectivity index (χ4n) is 4.74. The molecular weight excluding hydrogens is 496 g/mol. The number of benzene rings is 3. The predicted molar refractivity (Wildman–Crippen MR) is 153 cm³/mol. The van der Waals surface area contributed by atoms with Crippen molar-refractivity contribution in [1.82, 2.24) is 14.3 Å². The molecule has 0 saturated carbocycles. The SMILES string of the molecule is COc1ccc(Cn2c(=O)c3c(N)n(-c4cc(OC)ccc4C)nc3c3cc(OC)c(OC(C)C)cc32)cc1. The van der Waals surface area contributed by atoms with Gasteiger partial charge in [0.2, 0.25) is 0 Å². The third-order valence-electron chi connectivity index (χ3n) is 6.71. The van der Waals surface area contributed by atoms with Crippen LogP contribution in [0.3, 0.4) is 0 Å². The second kappa shape index (κ2) is 10.2. The predicted octanol–water partition coefficient (Wildman–Crippen LogP) is 5.09. The van der Waals surface area contributed by atoms with Gasteiger partial charge in [-0.25, -0.2) is 4.68 Å². The van der Waals surface area contributed by atoms with Gasteiger partial charge in [-0.05, 0) is 56.2 Å². The van der Waals surface area contributed by atoms with Crippen molar-refractivity contribution in [2.45, 2.75) is 33.4 Å². The Hall–Kier alpha value is -4.66. The fourth-order valence-corrected chi connectivity index (χ4v) is 4.74. The van der Waals surface area contributed by atoms with Crippen LogP contribution in [0.5, 0.6) is 23.0 Å². The van der Waals surface area contributed by atoms with Gasteiger partial charge in [0.25, 0.3) is 5.56 Å². The summed E-state index contributed by atoms with van der Waals surface area (Å²) >= 11 is 0. The first-order valence-corrected chi connectivity index (χ1v) is 12.6. The highest BCUT2D eigenvalue weighted by atomic mass is 16.5. The Bertz CT molecular complexity index is 1740. The standard InChI is InChI=1S/C30H32N4O5/c1-17(2)39-26-15-24-22(14-25(26)38-6)28-27(30(35)33(24)16-19-8-11-20(36-4)12-9-19)29(31)34(32-28)23-13-21(37-5)10-7-18(23)3/h7-15,17H,16,31H2,1-6H3. The number of methoxy groups -OCH3 is 3. The maximum atomic E-state index is 14.1. The van der Waals surface area contributed by atoms with Crippen molar-refractivity contribution < 1.29 is 18.9 Å². The highest BCUT2D eigenvalue weighted by Crippen LogP contribution is 2.37. The second-order valence-corrected chi connectivity index (χ2v) is 9.60. The largest absolute Gasteiger partial charge is 0.497 e. The molecule has 5 aromatic rings. The highest BCUT2D eigenvalue weighted by Gasteiger charge is 2.23. The molecule has 0 radical (unpaired) electrons. The molecule has 5 rings (SSSR count). The van der Waals surface area contributed by atoms with E-state index in [0.717, 1.165) is 28.0 Å². The number of aryl methyl sites for hydroxylation is 1. The van der Waals surface area contributed by atoms with Crippen molar-refractivity contribution in [1.29, 1.82) is 0 Å². The van der Waals surface area contributed by atoms with Gasteiger partial charge in [0.15, 0.2) is 11.5 Å². The maximum absolute atomic E-state index is 14.1. The van der Waals surface area contributed by atoms with E-state index in [-0.39, 0.29) is 17.5 Å². The molecule has 39 heavy (non-hydrogen) atoms. The Morgan fingerprint density at radius 2 is 1.59 bits per heavy atom. The number of anilines is 1. The molecule has 0 aliphatic carbocycles. The lowest BCUT2D eigenvalue weighted by atomic mass is 10.1. The highest BCUT2D eigenvalue weighted by molar-refractivity contribution is 6.08. The molecule has 0 atom stereocenters. The molecule has 0 aliphatic heterocycles. The van der Waals surface area contributed by atoms with Gasteiger partial charge in [0.1, 0.15) is 28.2 Å². The van der Waals surface area contributed by atoms with Gasteiger partial charge >= 0.3 is 0 Å². The summed E-state index contributed by atoms with van der Waals surface area (Å²) in [7, 11) is 4.81. The lowest BCUT2D eigenvalue weighted by Crippen LogP contribution is -2.22. The number of pyridine rings is 1. The van der Waals surface area contributed by atoms with E-state index in [1.807, 2.05) is 75.4 Å². The number of hydrogen-bond donors (Lipinski definition) is 1. The zero-order valence-electron chi connectivity index (χ0n) is 22.9. The average Bonchev–Trinajstić information content (AvgIpc) is 3.28. The first-order valence-electron chi connectivity index (χ1n) is 12.6. The van der Waals surface area contributed by atoms with Crippen molar-refractivity contribution in [3.8, 4) is 28.7 Å². The van der Waals surface area contributed by atoms with Gasteiger partial charge in [-0.3, -0.25) is 4.79 Å². The van der Waals surface area contributed by atoms with E-state index in [9.17, 15) is 4.79 Å². The van der Waals surface area contributed by atoms with E-state index < -0.39 is 0 Å². The van der Waals surface area contributed by atoms with Crippen molar-refractivity contribution in [2.75, 3.05) is 27.1 Å². The van der Waals surface area contributed by atoms with Crippen LogP contribution in [0.15, 0.2) is 59.4 Å². The van der Waals surface area contributed by atoms with Crippen LogP contribution in [-0.4, -0.2) is 41.8 Å². The van der Waals surface area contributed by atoms with E-state index >= 15 is 0 Å². The minimum atomic E-state index is -0.252. The molecule has 3 aromatic carbocycles.